The molecule has 9 heteroatoms. The molecule has 0 bridgehead atoms. The Labute approximate surface area is 165 Å². The smallest absolute Gasteiger partial charge is 0.266 e. The molecule has 1 N–H and O–H groups in total. The average molecular weight is 403 g/mol. The van der Waals surface area contributed by atoms with E-state index >= 15 is 0 Å². The highest BCUT2D eigenvalue weighted by Gasteiger charge is 2.20. The second kappa shape index (κ2) is 8.41. The summed E-state index contributed by atoms with van der Waals surface area (Å²) >= 11 is 1.19. The number of fused-ring (bicyclic) bond motifs is 1. The maximum Gasteiger partial charge on any atom is 0.266 e. The average Bonchev–Trinajstić information content (AvgIpc) is 3.04. The first-order valence-corrected chi connectivity index (χ1v) is 9.32. The summed E-state index contributed by atoms with van der Waals surface area (Å²) in [5, 5.41) is 3.29. The van der Waals surface area contributed by atoms with Crippen LogP contribution in [0.3, 0.4) is 0 Å². The number of nitrogens with zero attached hydrogens (tertiary/aromatic N) is 2. The molecule has 3 rings (SSSR count). The van der Waals surface area contributed by atoms with Crippen LogP contribution in [0.15, 0.2) is 29.3 Å². The molecule has 148 valence electrons. The zero-order valence-electron chi connectivity index (χ0n) is 16.1. The number of anilines is 1. The van der Waals surface area contributed by atoms with Gasteiger partial charge in [-0.25, -0.2) is 4.98 Å². The van der Waals surface area contributed by atoms with Crippen LogP contribution >= 0.6 is 11.3 Å². The van der Waals surface area contributed by atoms with Gasteiger partial charge in [0.2, 0.25) is 0 Å². The number of thiophene rings is 1. The van der Waals surface area contributed by atoms with Crippen molar-refractivity contribution in [2.75, 3.05) is 33.3 Å². The van der Waals surface area contributed by atoms with Crippen molar-refractivity contribution in [1.29, 1.82) is 0 Å². The Kier molecular flexibility index (Phi) is 5.96. The fourth-order valence-electron chi connectivity index (χ4n) is 2.83. The van der Waals surface area contributed by atoms with Gasteiger partial charge in [-0.3, -0.25) is 14.2 Å². The number of hydrogen-bond acceptors (Lipinski definition) is 7. The van der Waals surface area contributed by atoms with Gasteiger partial charge in [-0.05, 0) is 24.6 Å². The number of ether oxygens (including phenoxy) is 3. The van der Waals surface area contributed by atoms with Crippen LogP contribution in [-0.2, 0) is 11.3 Å². The van der Waals surface area contributed by atoms with E-state index in [0.717, 1.165) is 0 Å². The second-order valence-electron chi connectivity index (χ2n) is 6.00. The molecule has 0 spiro atoms. The molecular weight excluding hydrogens is 382 g/mol. The Morgan fingerprint density at radius 1 is 1.21 bits per heavy atom. The minimum atomic E-state index is -0.310. The second-order valence-corrected chi connectivity index (χ2v) is 7.00. The van der Waals surface area contributed by atoms with E-state index < -0.39 is 0 Å². The van der Waals surface area contributed by atoms with E-state index in [1.54, 1.807) is 39.3 Å². The Bertz CT molecular complexity index is 1070. The third-order valence-electron chi connectivity index (χ3n) is 4.30. The van der Waals surface area contributed by atoms with Crippen molar-refractivity contribution >= 4 is 33.1 Å². The van der Waals surface area contributed by atoms with Crippen molar-refractivity contribution in [3.05, 3.63) is 45.3 Å². The topological polar surface area (TPSA) is 91.7 Å². The zero-order valence-corrected chi connectivity index (χ0v) is 16.9. The number of benzene rings is 1. The van der Waals surface area contributed by atoms with E-state index in [9.17, 15) is 9.59 Å². The van der Waals surface area contributed by atoms with Gasteiger partial charge in [0.25, 0.3) is 11.5 Å². The van der Waals surface area contributed by atoms with Gasteiger partial charge in [-0.1, -0.05) is 0 Å². The van der Waals surface area contributed by atoms with Gasteiger partial charge in [0.1, 0.15) is 4.83 Å². The lowest BCUT2D eigenvalue weighted by atomic mass is 10.2. The first kappa shape index (κ1) is 19.8. The van der Waals surface area contributed by atoms with Crippen LogP contribution in [0, 0.1) is 6.92 Å². The third-order valence-corrected chi connectivity index (χ3v) is 5.50. The summed E-state index contributed by atoms with van der Waals surface area (Å²) in [5.41, 5.74) is 0.994. The molecule has 2 heterocycles. The maximum absolute atomic E-state index is 12.8. The number of carbonyl (C=O) groups excluding carboxylic acids is 1. The van der Waals surface area contributed by atoms with Crippen molar-refractivity contribution in [1.82, 2.24) is 9.55 Å². The maximum atomic E-state index is 12.8. The van der Waals surface area contributed by atoms with E-state index in [2.05, 4.69) is 10.3 Å². The largest absolute Gasteiger partial charge is 0.493 e. The summed E-state index contributed by atoms with van der Waals surface area (Å²) in [6, 6.07) is 5.11. The lowest BCUT2D eigenvalue weighted by Gasteiger charge is -2.10. The molecule has 0 unspecified atom stereocenters. The van der Waals surface area contributed by atoms with E-state index in [-0.39, 0.29) is 11.5 Å². The van der Waals surface area contributed by atoms with Crippen molar-refractivity contribution in [2.45, 2.75) is 13.5 Å². The Hall–Kier alpha value is -2.91. The van der Waals surface area contributed by atoms with Gasteiger partial charge in [0.15, 0.2) is 11.5 Å². The lowest BCUT2D eigenvalue weighted by Crippen LogP contribution is -2.22. The van der Waals surface area contributed by atoms with Crippen LogP contribution in [0.5, 0.6) is 11.5 Å². The van der Waals surface area contributed by atoms with Crippen molar-refractivity contribution in [2.24, 2.45) is 0 Å². The lowest BCUT2D eigenvalue weighted by molar-refractivity contribution is 0.103. The predicted molar refractivity (Wildman–Crippen MR) is 108 cm³/mol. The normalized spacial score (nSPS) is 10.9. The van der Waals surface area contributed by atoms with E-state index in [0.29, 0.717) is 51.0 Å². The number of nitrogens with one attached hydrogen (secondary N) is 1. The number of aromatic nitrogens is 2. The van der Waals surface area contributed by atoms with Crippen LogP contribution in [0.25, 0.3) is 10.2 Å². The summed E-state index contributed by atoms with van der Waals surface area (Å²) in [5.74, 6) is 0.769. The number of carbonyl (C=O) groups is 1. The Balaban J connectivity index is 1.93. The van der Waals surface area contributed by atoms with Crippen LogP contribution < -0.4 is 20.3 Å². The number of amides is 1. The van der Waals surface area contributed by atoms with Crippen LogP contribution in [0.1, 0.15) is 15.2 Å². The quantitative estimate of drug-likeness (QED) is 0.652. The molecule has 0 saturated carbocycles. The standard InChI is InChI=1S/C19H21N3O5S/c1-11-15-18(20-10-22(19(15)24)7-8-25-2)28-16(11)17(23)21-12-5-6-13(26-3)14(9-12)27-4/h5-6,9-10H,7-8H2,1-4H3,(H,21,23). The Morgan fingerprint density at radius 3 is 2.64 bits per heavy atom. The van der Waals surface area contributed by atoms with Crippen LogP contribution in [-0.4, -0.2) is 43.4 Å². The molecule has 28 heavy (non-hydrogen) atoms. The highest BCUT2D eigenvalue weighted by molar-refractivity contribution is 7.20. The molecule has 8 nitrogen and oxygen atoms in total. The first-order valence-electron chi connectivity index (χ1n) is 8.51. The highest BCUT2D eigenvalue weighted by Crippen LogP contribution is 2.31. The molecule has 0 aliphatic heterocycles. The fraction of sp³-hybridized carbons (Fsp3) is 0.316. The van der Waals surface area contributed by atoms with Crippen LogP contribution in [0.4, 0.5) is 5.69 Å². The van der Waals surface area contributed by atoms with Gasteiger partial charge < -0.3 is 19.5 Å². The zero-order chi connectivity index (χ0) is 20.3. The molecule has 0 aliphatic carbocycles. The van der Waals surface area contributed by atoms with Gasteiger partial charge in [-0.2, -0.15) is 0 Å². The molecule has 1 amide bonds. The molecule has 2 aromatic heterocycles. The van der Waals surface area contributed by atoms with Crippen molar-refractivity contribution < 1.29 is 19.0 Å². The summed E-state index contributed by atoms with van der Waals surface area (Å²) in [6.07, 6.45) is 1.48. The van der Waals surface area contributed by atoms with E-state index in [4.69, 9.17) is 14.2 Å². The van der Waals surface area contributed by atoms with Gasteiger partial charge >= 0.3 is 0 Å². The number of hydrogen-bond donors (Lipinski definition) is 1. The summed E-state index contributed by atoms with van der Waals surface area (Å²) < 4.78 is 17.0. The van der Waals surface area contributed by atoms with Crippen molar-refractivity contribution in [3.63, 3.8) is 0 Å². The van der Waals surface area contributed by atoms with Gasteiger partial charge in [0, 0.05) is 18.9 Å². The minimum absolute atomic E-state index is 0.180. The first-order chi connectivity index (χ1) is 13.5. The van der Waals surface area contributed by atoms with Crippen LogP contribution in [0.2, 0.25) is 0 Å². The summed E-state index contributed by atoms with van der Waals surface area (Å²) in [6.45, 7) is 2.57. The predicted octanol–water partition coefficient (Wildman–Crippen LogP) is 2.68. The molecule has 0 radical (unpaired) electrons. The number of methoxy groups -OCH3 is 3. The van der Waals surface area contributed by atoms with Gasteiger partial charge in [-0.15, -0.1) is 11.3 Å². The minimum Gasteiger partial charge on any atom is -0.493 e. The fourth-order valence-corrected chi connectivity index (χ4v) is 3.86. The number of aryl methyl sites for hydroxylation is 1. The molecule has 3 aromatic rings. The molecule has 0 aliphatic rings. The molecule has 0 atom stereocenters. The summed E-state index contributed by atoms with van der Waals surface area (Å²) in [4.78, 5) is 30.8. The van der Waals surface area contributed by atoms with Gasteiger partial charge in [0.05, 0.1) is 44.0 Å². The third kappa shape index (κ3) is 3.71. The summed E-state index contributed by atoms with van der Waals surface area (Å²) in [7, 11) is 4.65. The monoisotopic (exact) mass is 403 g/mol. The highest BCUT2D eigenvalue weighted by atomic mass is 32.1. The Morgan fingerprint density at radius 2 is 1.96 bits per heavy atom. The van der Waals surface area contributed by atoms with E-state index in [1.807, 2.05) is 0 Å². The molecular formula is C19H21N3O5S. The number of rotatable bonds is 7. The molecule has 1 aromatic carbocycles. The van der Waals surface area contributed by atoms with E-state index in [1.165, 1.54) is 29.3 Å². The molecule has 0 fully saturated rings. The van der Waals surface area contributed by atoms with Crippen molar-refractivity contribution in [3.8, 4) is 11.5 Å². The molecule has 0 saturated heterocycles. The SMILES string of the molecule is COCCn1cnc2sc(C(=O)Nc3ccc(OC)c(OC)c3)c(C)c2c1=O.